The van der Waals surface area contributed by atoms with E-state index in [2.05, 4.69) is 78.0 Å². The Morgan fingerprint density at radius 1 is 0.306 bits per heavy atom. The molecular weight excluding hydrogens is 547 g/mol. The van der Waals surface area contributed by atoms with E-state index in [9.17, 15) is 0 Å². The van der Waals surface area contributed by atoms with Crippen molar-refractivity contribution in [3.05, 3.63) is 0 Å². The van der Waals surface area contributed by atoms with Gasteiger partial charge in [-0.1, -0.05) is 194 Å². The molecule has 0 unspecified atom stereocenters. The fraction of sp³-hybridized carbons (Fsp3) is 1.00. The summed E-state index contributed by atoms with van der Waals surface area (Å²) >= 11 is 2.63. The van der Waals surface area contributed by atoms with Crippen LogP contribution in [0.5, 0.6) is 0 Å². The van der Waals surface area contributed by atoms with E-state index in [1.54, 1.807) is 0 Å². The van der Waals surface area contributed by atoms with Gasteiger partial charge < -0.3 is 0 Å². The van der Waals surface area contributed by atoms with Crippen molar-refractivity contribution in [2.24, 2.45) is 41.4 Å². The summed E-state index contributed by atoms with van der Waals surface area (Å²) in [5, 5.41) is 0. The van der Waals surface area contributed by atoms with Gasteiger partial charge in [0, 0.05) is 0 Å². The minimum Gasteiger partial charge on any atom is -0.0864 e. The van der Waals surface area contributed by atoms with Gasteiger partial charge in [-0.3, -0.25) is 0 Å². The third-order valence-corrected chi connectivity index (χ3v) is 9.17. The molecule has 0 saturated carbocycles. The molecule has 0 aromatic rings. The standard InChI is InChI=1S/C35H71I/c1-29(2)15-9-19-33(20-10-16-30(3)4)23-13-25-35(27-28-36)26-14-24-34(21-11-17-31(5)6)22-12-18-32(7)8/h29-35H,9-28H2,1-8H3. The van der Waals surface area contributed by atoms with Gasteiger partial charge in [-0.15, -0.1) is 0 Å². The summed E-state index contributed by atoms with van der Waals surface area (Å²) in [4.78, 5) is 0. The summed E-state index contributed by atoms with van der Waals surface area (Å²) in [5.74, 6) is 6.45. The maximum atomic E-state index is 2.63. The normalized spacial score (nSPS) is 12.7. The summed E-state index contributed by atoms with van der Waals surface area (Å²) in [6.45, 7) is 19.1. The topological polar surface area (TPSA) is 0 Å². The van der Waals surface area contributed by atoms with E-state index in [0.29, 0.717) is 0 Å². The smallest absolute Gasteiger partial charge is 0.000209 e. The number of alkyl halides is 1. The van der Waals surface area contributed by atoms with E-state index >= 15 is 0 Å². The molecule has 36 heavy (non-hydrogen) atoms. The molecule has 0 saturated heterocycles. The van der Waals surface area contributed by atoms with Crippen LogP contribution in [0.4, 0.5) is 0 Å². The minimum absolute atomic E-state index is 0.869. The first kappa shape index (κ1) is 36.7. The molecule has 0 heterocycles. The Labute approximate surface area is 244 Å². The molecule has 0 aromatic heterocycles. The van der Waals surface area contributed by atoms with Crippen LogP contribution in [-0.2, 0) is 0 Å². The van der Waals surface area contributed by atoms with Crippen LogP contribution < -0.4 is 0 Å². The molecule has 0 N–H and O–H groups in total. The maximum Gasteiger partial charge on any atom is -0.000209 e. The largest absolute Gasteiger partial charge is 0.0864 e. The van der Waals surface area contributed by atoms with Crippen molar-refractivity contribution in [3.63, 3.8) is 0 Å². The van der Waals surface area contributed by atoms with Crippen molar-refractivity contribution in [3.8, 4) is 0 Å². The molecule has 0 fully saturated rings. The zero-order chi connectivity index (χ0) is 27.2. The van der Waals surface area contributed by atoms with E-state index < -0.39 is 0 Å². The summed E-state index contributed by atoms with van der Waals surface area (Å²) < 4.78 is 1.35. The maximum absolute atomic E-state index is 2.63. The molecule has 0 spiro atoms. The monoisotopic (exact) mass is 618 g/mol. The highest BCUT2D eigenvalue weighted by atomic mass is 127. The van der Waals surface area contributed by atoms with Crippen LogP contribution in [0.3, 0.4) is 0 Å². The van der Waals surface area contributed by atoms with Gasteiger partial charge in [0.1, 0.15) is 0 Å². The van der Waals surface area contributed by atoms with Crippen molar-refractivity contribution >= 4 is 22.6 Å². The van der Waals surface area contributed by atoms with Crippen LogP contribution >= 0.6 is 22.6 Å². The summed E-state index contributed by atoms with van der Waals surface area (Å²) in [6, 6.07) is 0. The van der Waals surface area contributed by atoms with Crippen LogP contribution in [0.2, 0.25) is 0 Å². The lowest BCUT2D eigenvalue weighted by molar-refractivity contribution is 0.314. The third-order valence-electron chi connectivity index (χ3n) is 8.54. The molecule has 0 aliphatic heterocycles. The van der Waals surface area contributed by atoms with Crippen LogP contribution in [-0.4, -0.2) is 4.43 Å². The zero-order valence-corrected chi connectivity index (χ0v) is 28.7. The molecule has 0 aliphatic carbocycles. The number of rotatable bonds is 26. The third kappa shape index (κ3) is 25.0. The Balaban J connectivity index is 4.55. The Kier molecular flexibility index (Phi) is 25.3. The molecule has 0 rings (SSSR count). The Hall–Kier alpha value is 0.730. The van der Waals surface area contributed by atoms with Crippen molar-refractivity contribution in [2.45, 2.75) is 177 Å². The molecule has 0 radical (unpaired) electrons. The van der Waals surface area contributed by atoms with Crippen LogP contribution in [0.15, 0.2) is 0 Å². The second kappa shape index (κ2) is 24.7. The van der Waals surface area contributed by atoms with Crippen LogP contribution in [0.1, 0.15) is 177 Å². The van der Waals surface area contributed by atoms with Crippen molar-refractivity contribution in [2.75, 3.05) is 4.43 Å². The Morgan fingerprint density at radius 2 is 0.500 bits per heavy atom. The average Bonchev–Trinajstić information content (AvgIpc) is 2.77. The van der Waals surface area contributed by atoms with Gasteiger partial charge in [0.25, 0.3) is 0 Å². The summed E-state index contributed by atoms with van der Waals surface area (Å²) in [7, 11) is 0. The van der Waals surface area contributed by atoms with Gasteiger partial charge in [-0.2, -0.15) is 0 Å². The van der Waals surface area contributed by atoms with E-state index in [4.69, 9.17) is 0 Å². The second-order valence-electron chi connectivity index (χ2n) is 14.2. The lowest BCUT2D eigenvalue weighted by Crippen LogP contribution is -2.08. The van der Waals surface area contributed by atoms with Gasteiger partial charge in [0.15, 0.2) is 0 Å². The van der Waals surface area contributed by atoms with Gasteiger partial charge >= 0.3 is 0 Å². The van der Waals surface area contributed by atoms with E-state index in [0.717, 1.165) is 41.4 Å². The molecule has 218 valence electrons. The minimum atomic E-state index is 0.869. The zero-order valence-electron chi connectivity index (χ0n) is 26.6. The van der Waals surface area contributed by atoms with Gasteiger partial charge in [0.05, 0.1) is 0 Å². The Morgan fingerprint density at radius 3 is 0.694 bits per heavy atom. The predicted molar refractivity (Wildman–Crippen MR) is 176 cm³/mol. The number of hydrogen-bond acceptors (Lipinski definition) is 0. The fourth-order valence-corrected chi connectivity index (χ4v) is 6.98. The summed E-state index contributed by atoms with van der Waals surface area (Å²) in [6.07, 6.45) is 27.9. The first-order chi connectivity index (χ1) is 17.1. The highest BCUT2D eigenvalue weighted by Gasteiger charge is 2.15. The van der Waals surface area contributed by atoms with E-state index in [1.165, 1.54) is 126 Å². The molecule has 0 amide bonds. The molecule has 0 atom stereocenters. The molecule has 1 heteroatoms. The van der Waals surface area contributed by atoms with E-state index in [1.807, 2.05) is 0 Å². The van der Waals surface area contributed by atoms with Crippen LogP contribution in [0.25, 0.3) is 0 Å². The van der Waals surface area contributed by atoms with Crippen molar-refractivity contribution in [1.29, 1.82) is 0 Å². The fourth-order valence-electron chi connectivity index (χ4n) is 6.10. The molecule has 0 bridgehead atoms. The molecule has 0 nitrogen and oxygen atoms in total. The average molecular weight is 619 g/mol. The summed E-state index contributed by atoms with van der Waals surface area (Å²) in [5.41, 5.74) is 0. The molecule has 0 aliphatic rings. The molecular formula is C35H71I. The lowest BCUT2D eigenvalue weighted by atomic mass is 9.84. The molecule has 0 aromatic carbocycles. The van der Waals surface area contributed by atoms with Crippen molar-refractivity contribution < 1.29 is 0 Å². The SMILES string of the molecule is CC(C)CCCC(CCCC(C)C)CCCC(CCI)CCCC(CCCC(C)C)CCCC(C)C. The number of halogens is 1. The predicted octanol–water partition coefficient (Wildman–Crippen LogP) is 13.3. The van der Waals surface area contributed by atoms with Gasteiger partial charge in [-0.25, -0.2) is 0 Å². The quantitative estimate of drug-likeness (QED) is 0.0668. The lowest BCUT2D eigenvalue weighted by Gasteiger charge is -2.22. The first-order valence-corrected chi connectivity index (χ1v) is 18.2. The highest BCUT2D eigenvalue weighted by Crippen LogP contribution is 2.30. The van der Waals surface area contributed by atoms with Gasteiger partial charge in [-0.05, 0) is 52.3 Å². The van der Waals surface area contributed by atoms with E-state index in [-0.39, 0.29) is 0 Å². The van der Waals surface area contributed by atoms with Crippen LogP contribution in [0, 0.1) is 41.4 Å². The Bertz CT molecular complexity index is 372. The first-order valence-electron chi connectivity index (χ1n) is 16.7. The number of hydrogen-bond donors (Lipinski definition) is 0. The highest BCUT2D eigenvalue weighted by molar-refractivity contribution is 14.1. The van der Waals surface area contributed by atoms with Gasteiger partial charge in [0.2, 0.25) is 0 Å². The second-order valence-corrected chi connectivity index (χ2v) is 15.3. The van der Waals surface area contributed by atoms with Crippen molar-refractivity contribution in [1.82, 2.24) is 0 Å².